The second-order valence-corrected chi connectivity index (χ2v) is 3.35. The Morgan fingerprint density at radius 3 is 2.93 bits per heavy atom. The van der Waals surface area contributed by atoms with Gasteiger partial charge < -0.3 is 14.5 Å². The van der Waals surface area contributed by atoms with Crippen LogP contribution < -0.4 is 9.47 Å². The molecule has 1 aromatic carbocycles. The topological polar surface area (TPSA) is 47.1 Å². The van der Waals surface area contributed by atoms with E-state index >= 15 is 0 Å². The monoisotopic (exact) mass is 206 g/mol. The predicted molar refractivity (Wildman–Crippen MR) is 53.1 cm³/mol. The fourth-order valence-electron chi connectivity index (χ4n) is 1.47. The lowest BCUT2D eigenvalue weighted by atomic mass is 10.2. The Kier molecular flexibility index (Phi) is 1.49. The van der Waals surface area contributed by atoms with Crippen molar-refractivity contribution in [2.24, 2.45) is 0 Å². The minimum atomic E-state index is 0.270. The standard InChI is InChI=1S/C9H6N2O2S/c14-9-5-1-7-8(13-4-12-7)2-6(5)10-3-11-9/h1-3H,4H2,(H,10,11,14). The van der Waals surface area contributed by atoms with Gasteiger partial charge in [-0.2, -0.15) is 0 Å². The van der Waals surface area contributed by atoms with Gasteiger partial charge in [-0.15, -0.1) is 0 Å². The van der Waals surface area contributed by atoms with E-state index in [-0.39, 0.29) is 6.79 Å². The van der Waals surface area contributed by atoms with E-state index in [9.17, 15) is 0 Å². The van der Waals surface area contributed by atoms with Crippen molar-refractivity contribution in [1.82, 2.24) is 9.97 Å². The molecule has 0 saturated heterocycles. The van der Waals surface area contributed by atoms with Crippen LogP contribution in [-0.4, -0.2) is 16.8 Å². The molecule has 1 N–H and O–H groups in total. The van der Waals surface area contributed by atoms with E-state index in [0.717, 1.165) is 22.4 Å². The molecule has 70 valence electrons. The summed E-state index contributed by atoms with van der Waals surface area (Å²) < 4.78 is 11.1. The van der Waals surface area contributed by atoms with Gasteiger partial charge in [0.15, 0.2) is 11.5 Å². The first-order valence-electron chi connectivity index (χ1n) is 4.11. The van der Waals surface area contributed by atoms with Crippen molar-refractivity contribution in [1.29, 1.82) is 0 Å². The maximum atomic E-state index is 5.25. The molecule has 0 aliphatic carbocycles. The van der Waals surface area contributed by atoms with Crippen LogP contribution in [0.4, 0.5) is 0 Å². The minimum absolute atomic E-state index is 0.270. The number of aromatic amines is 1. The van der Waals surface area contributed by atoms with Gasteiger partial charge in [-0.25, -0.2) is 4.98 Å². The first kappa shape index (κ1) is 7.75. The molecule has 2 heterocycles. The van der Waals surface area contributed by atoms with Crippen LogP contribution in [0, 0.1) is 4.64 Å². The van der Waals surface area contributed by atoms with Gasteiger partial charge in [-0.3, -0.25) is 0 Å². The van der Waals surface area contributed by atoms with Gasteiger partial charge in [-0.05, 0) is 6.07 Å². The average molecular weight is 206 g/mol. The summed E-state index contributed by atoms with van der Waals surface area (Å²) in [5.41, 5.74) is 0.911. The Labute approximate surface area is 84.5 Å². The Balaban J connectivity index is 2.45. The highest BCUT2D eigenvalue weighted by molar-refractivity contribution is 7.71. The molecule has 0 bridgehead atoms. The van der Waals surface area contributed by atoms with Gasteiger partial charge in [-0.1, -0.05) is 12.2 Å². The van der Waals surface area contributed by atoms with Crippen molar-refractivity contribution in [3.05, 3.63) is 23.1 Å². The third-order valence-electron chi connectivity index (χ3n) is 2.15. The highest BCUT2D eigenvalue weighted by Gasteiger charge is 2.14. The lowest BCUT2D eigenvalue weighted by Crippen LogP contribution is -1.92. The number of aromatic nitrogens is 2. The molecule has 0 fully saturated rings. The van der Waals surface area contributed by atoms with Crippen LogP contribution in [0.3, 0.4) is 0 Å². The maximum absolute atomic E-state index is 5.25. The number of nitrogens with zero attached hydrogens (tertiary/aromatic N) is 1. The first-order chi connectivity index (χ1) is 6.84. The summed E-state index contributed by atoms with van der Waals surface area (Å²) in [6, 6.07) is 3.72. The molecule has 1 aliphatic rings. The zero-order chi connectivity index (χ0) is 9.54. The second-order valence-electron chi connectivity index (χ2n) is 2.96. The predicted octanol–water partition coefficient (Wildman–Crippen LogP) is 2.02. The molecular formula is C9H6N2O2S. The second kappa shape index (κ2) is 2.68. The van der Waals surface area contributed by atoms with E-state index < -0.39 is 0 Å². The van der Waals surface area contributed by atoms with Crippen molar-refractivity contribution < 1.29 is 9.47 Å². The molecular weight excluding hydrogens is 200 g/mol. The molecule has 4 nitrogen and oxygen atoms in total. The average Bonchev–Trinajstić information content (AvgIpc) is 2.62. The molecule has 1 aromatic heterocycles. The van der Waals surface area contributed by atoms with Crippen molar-refractivity contribution in [3.8, 4) is 11.5 Å². The summed E-state index contributed by atoms with van der Waals surface area (Å²) >= 11 is 5.10. The van der Waals surface area contributed by atoms with Crippen LogP contribution >= 0.6 is 12.2 Å². The van der Waals surface area contributed by atoms with Crippen LogP contribution in [0.25, 0.3) is 10.9 Å². The molecule has 0 spiro atoms. The Morgan fingerprint density at radius 1 is 1.29 bits per heavy atom. The van der Waals surface area contributed by atoms with Crippen LogP contribution in [0.5, 0.6) is 11.5 Å². The zero-order valence-electron chi connectivity index (χ0n) is 7.11. The number of ether oxygens (including phenoxy) is 2. The van der Waals surface area contributed by atoms with Crippen molar-refractivity contribution >= 4 is 23.1 Å². The highest BCUT2D eigenvalue weighted by atomic mass is 32.1. The van der Waals surface area contributed by atoms with Gasteiger partial charge in [0.2, 0.25) is 6.79 Å². The van der Waals surface area contributed by atoms with E-state index in [4.69, 9.17) is 21.7 Å². The SMILES string of the molecule is S=c1nc[nH]c2cc3c(cc12)OCO3. The van der Waals surface area contributed by atoms with Crippen LogP contribution in [0.2, 0.25) is 0 Å². The minimum Gasteiger partial charge on any atom is -0.454 e. The normalized spacial score (nSPS) is 13.4. The zero-order valence-corrected chi connectivity index (χ0v) is 7.93. The van der Waals surface area contributed by atoms with Crippen molar-refractivity contribution in [2.45, 2.75) is 0 Å². The number of H-pyrrole nitrogens is 1. The number of fused-ring (bicyclic) bond motifs is 2. The number of rotatable bonds is 0. The third kappa shape index (κ3) is 0.990. The number of hydrogen-bond donors (Lipinski definition) is 1. The molecule has 0 radical (unpaired) electrons. The Hall–Kier alpha value is -1.62. The van der Waals surface area contributed by atoms with E-state index in [0.29, 0.717) is 4.64 Å². The molecule has 0 saturated carbocycles. The van der Waals surface area contributed by atoms with E-state index in [2.05, 4.69) is 9.97 Å². The largest absolute Gasteiger partial charge is 0.454 e. The summed E-state index contributed by atoms with van der Waals surface area (Å²) in [5, 5.41) is 0.881. The fraction of sp³-hybridized carbons (Fsp3) is 0.111. The lowest BCUT2D eigenvalue weighted by molar-refractivity contribution is 0.174. The van der Waals surface area contributed by atoms with Crippen molar-refractivity contribution in [2.75, 3.05) is 6.79 Å². The quantitative estimate of drug-likeness (QED) is 0.670. The van der Waals surface area contributed by atoms with Crippen LogP contribution in [0.15, 0.2) is 18.5 Å². The summed E-state index contributed by atoms with van der Waals surface area (Å²) in [5.74, 6) is 1.47. The van der Waals surface area contributed by atoms with Crippen LogP contribution in [0.1, 0.15) is 0 Å². The lowest BCUT2D eigenvalue weighted by Gasteiger charge is -1.99. The third-order valence-corrected chi connectivity index (χ3v) is 2.47. The molecule has 2 aromatic rings. The maximum Gasteiger partial charge on any atom is 0.231 e. The molecule has 5 heteroatoms. The number of benzene rings is 1. The first-order valence-corrected chi connectivity index (χ1v) is 4.52. The molecule has 0 amide bonds. The smallest absolute Gasteiger partial charge is 0.231 e. The number of nitrogens with one attached hydrogen (secondary N) is 1. The van der Waals surface area contributed by atoms with Crippen LogP contribution in [-0.2, 0) is 0 Å². The fourth-order valence-corrected chi connectivity index (χ4v) is 1.69. The summed E-state index contributed by atoms with van der Waals surface area (Å²) in [6.45, 7) is 0.270. The number of hydrogen-bond acceptors (Lipinski definition) is 4. The summed E-state index contributed by atoms with van der Waals surface area (Å²) in [6.07, 6.45) is 1.58. The Bertz CT molecular complexity index is 564. The Morgan fingerprint density at radius 2 is 2.07 bits per heavy atom. The van der Waals surface area contributed by atoms with E-state index in [1.807, 2.05) is 12.1 Å². The molecule has 0 unspecified atom stereocenters. The highest BCUT2D eigenvalue weighted by Crippen LogP contribution is 2.35. The van der Waals surface area contributed by atoms with Crippen molar-refractivity contribution in [3.63, 3.8) is 0 Å². The van der Waals surface area contributed by atoms with E-state index in [1.165, 1.54) is 0 Å². The molecule has 1 aliphatic heterocycles. The van der Waals surface area contributed by atoms with Gasteiger partial charge in [0.1, 0.15) is 4.64 Å². The molecule has 14 heavy (non-hydrogen) atoms. The van der Waals surface area contributed by atoms with Gasteiger partial charge >= 0.3 is 0 Å². The summed E-state index contributed by atoms with van der Waals surface area (Å²) in [4.78, 5) is 7.00. The van der Waals surface area contributed by atoms with Gasteiger partial charge in [0.05, 0.1) is 11.8 Å². The summed E-state index contributed by atoms with van der Waals surface area (Å²) in [7, 11) is 0. The molecule has 3 rings (SSSR count). The molecule has 0 atom stereocenters. The van der Waals surface area contributed by atoms with E-state index in [1.54, 1.807) is 6.33 Å². The van der Waals surface area contributed by atoms with Gasteiger partial charge in [0.25, 0.3) is 0 Å². The van der Waals surface area contributed by atoms with Gasteiger partial charge in [0, 0.05) is 11.5 Å².